The molecule has 1 atom stereocenters. The third-order valence-electron chi connectivity index (χ3n) is 1.63. The third kappa shape index (κ3) is 1.71. The second kappa shape index (κ2) is 3.30. The summed E-state index contributed by atoms with van der Waals surface area (Å²) >= 11 is 11.7. The van der Waals surface area contributed by atoms with Crippen molar-refractivity contribution in [3.05, 3.63) is 38.1 Å². The summed E-state index contributed by atoms with van der Waals surface area (Å²) in [5.74, 6) is 0. The lowest BCUT2D eigenvalue weighted by atomic mass is 10.3. The van der Waals surface area contributed by atoms with Gasteiger partial charge in [-0.05, 0) is 26.4 Å². The second-order valence-electron chi connectivity index (χ2n) is 2.52. The molecule has 0 aliphatic heterocycles. The molecule has 1 unspecified atom stereocenters. The van der Waals surface area contributed by atoms with E-state index in [1.807, 2.05) is 0 Å². The van der Waals surface area contributed by atoms with E-state index < -0.39 is 0 Å². The maximum atomic E-state index is 11.0. The Morgan fingerprint density at radius 1 is 1.31 bits per heavy atom. The van der Waals surface area contributed by atoms with E-state index in [1.54, 1.807) is 18.2 Å². The van der Waals surface area contributed by atoms with Gasteiger partial charge in [-0.15, -0.1) is 0 Å². The molecule has 2 nitrogen and oxygen atoms in total. The van der Waals surface area contributed by atoms with Crippen molar-refractivity contribution in [3.8, 4) is 0 Å². The molecule has 13 heavy (non-hydrogen) atoms. The fourth-order valence-corrected chi connectivity index (χ4v) is 2.35. The maximum Gasteiger partial charge on any atom is 0.286 e. The molecule has 0 bridgehead atoms. The van der Waals surface area contributed by atoms with Crippen LogP contribution in [0.1, 0.15) is 0 Å². The minimum atomic E-state index is -0.181. The molecular weight excluding hydrogens is 228 g/mol. The average Bonchev–Trinajstić information content (AvgIpc) is 2.06. The third-order valence-corrected chi connectivity index (χ3v) is 3.17. The minimum absolute atomic E-state index is 0.0695. The average molecular weight is 232 g/mol. The summed E-state index contributed by atoms with van der Waals surface area (Å²) in [6, 6.07) is 5.11. The van der Waals surface area contributed by atoms with Crippen LogP contribution in [0.2, 0.25) is 9.78 Å². The normalized spacial score (nSPS) is 11.2. The summed E-state index contributed by atoms with van der Waals surface area (Å²) in [6.45, 7) is 0. The van der Waals surface area contributed by atoms with Crippen molar-refractivity contribution in [1.82, 2.24) is 4.98 Å². The molecule has 0 spiro atoms. The molecule has 1 aromatic carbocycles. The number of rotatable bonds is 0. The van der Waals surface area contributed by atoms with E-state index >= 15 is 0 Å². The number of hydrogen-bond acceptors (Lipinski definition) is 2. The molecule has 0 saturated carbocycles. The van der Waals surface area contributed by atoms with Crippen LogP contribution in [0.4, 0.5) is 0 Å². The number of aromatic nitrogens is 1. The first-order valence-corrected chi connectivity index (χ1v) is 5.27. The van der Waals surface area contributed by atoms with Crippen molar-refractivity contribution in [1.29, 1.82) is 0 Å². The molecule has 2 rings (SSSR count). The fraction of sp³-hybridized carbons (Fsp3) is 0. The van der Waals surface area contributed by atoms with Crippen molar-refractivity contribution in [3.63, 3.8) is 0 Å². The zero-order chi connectivity index (χ0) is 9.42. The van der Waals surface area contributed by atoms with E-state index in [1.165, 1.54) is 0 Å². The monoisotopic (exact) mass is 231 g/mol. The molecule has 1 aromatic heterocycles. The molecule has 0 N–H and O–H groups in total. The van der Waals surface area contributed by atoms with Crippen LogP contribution in [0.15, 0.2) is 23.0 Å². The van der Waals surface area contributed by atoms with Crippen LogP contribution in [0, 0.1) is 0 Å². The molecule has 0 saturated heterocycles. The molecule has 1 heterocycles. The molecule has 5 heteroatoms. The Labute approximate surface area is 85.6 Å². The van der Waals surface area contributed by atoms with Gasteiger partial charge in [0.2, 0.25) is 0 Å². The van der Waals surface area contributed by atoms with E-state index in [-0.39, 0.29) is 13.5 Å². The Bertz CT molecular complexity index is 523. The van der Waals surface area contributed by atoms with Gasteiger partial charge < -0.3 is 0 Å². The molecule has 2 aromatic rings. The highest BCUT2D eigenvalue weighted by molar-refractivity contribution is 7.33. The zero-order valence-electron chi connectivity index (χ0n) is 6.34. The summed E-state index contributed by atoms with van der Waals surface area (Å²) in [5, 5.41) is 1.19. The summed E-state index contributed by atoms with van der Waals surface area (Å²) in [6.07, 6.45) is 0. The fourth-order valence-electron chi connectivity index (χ4n) is 1.08. The second-order valence-corrected chi connectivity index (χ2v) is 4.83. The van der Waals surface area contributed by atoms with Crippen molar-refractivity contribution in [2.24, 2.45) is 0 Å². The van der Waals surface area contributed by atoms with Crippen molar-refractivity contribution < 1.29 is 0 Å². The highest BCUT2D eigenvalue weighted by Gasteiger charge is 2.02. The van der Waals surface area contributed by atoms with Crippen LogP contribution in [0.25, 0.3) is 10.9 Å². The van der Waals surface area contributed by atoms with Crippen LogP contribution < -0.4 is 5.29 Å². The first-order valence-electron chi connectivity index (χ1n) is 3.52. The predicted molar refractivity (Wildman–Crippen MR) is 57.5 cm³/mol. The van der Waals surface area contributed by atoms with Gasteiger partial charge in [-0.25, -0.2) is 4.98 Å². The smallest absolute Gasteiger partial charge is 0.263 e. The lowest BCUT2D eigenvalue weighted by molar-refractivity contribution is 1.39. The Morgan fingerprint density at radius 3 is 2.85 bits per heavy atom. The van der Waals surface area contributed by atoms with Gasteiger partial charge in [0, 0.05) is 10.4 Å². The minimum Gasteiger partial charge on any atom is -0.263 e. The van der Waals surface area contributed by atoms with Gasteiger partial charge in [-0.2, -0.15) is 0 Å². The van der Waals surface area contributed by atoms with Gasteiger partial charge in [-0.3, -0.25) is 4.79 Å². The summed E-state index contributed by atoms with van der Waals surface area (Å²) in [7, 11) is -0.0695. The topological polar surface area (TPSA) is 30.0 Å². The summed E-state index contributed by atoms with van der Waals surface area (Å²) in [5.41, 5.74) is 0.609. The first kappa shape index (κ1) is 9.01. The highest BCUT2D eigenvalue weighted by Crippen LogP contribution is 2.28. The van der Waals surface area contributed by atoms with Gasteiger partial charge in [0.25, 0.3) is 5.29 Å². The van der Waals surface area contributed by atoms with Gasteiger partial charge in [0.05, 0.1) is 10.3 Å². The molecule has 0 fully saturated rings. The van der Waals surface area contributed by atoms with Gasteiger partial charge >= 0.3 is 0 Å². The Balaban J connectivity index is 2.95. The van der Waals surface area contributed by atoms with Crippen molar-refractivity contribution in [2.75, 3.05) is 0 Å². The molecule has 0 radical (unpaired) electrons. The van der Waals surface area contributed by atoms with Crippen molar-refractivity contribution in [2.45, 2.75) is 0 Å². The first-order chi connectivity index (χ1) is 6.16. The SMILES string of the molecule is O=c1nc2ccc(Cl)cc2c(Cl)[pH]1. The molecule has 66 valence electrons. The molecule has 0 amide bonds. The predicted octanol–water partition coefficient (Wildman–Crippen LogP) is 2.93. The number of nitrogens with zero attached hydrogens (tertiary/aromatic N) is 1. The van der Waals surface area contributed by atoms with Crippen LogP contribution in [0.5, 0.6) is 0 Å². The Hall–Kier alpha value is -0.560. The lowest BCUT2D eigenvalue weighted by Crippen LogP contribution is -1.97. The van der Waals surface area contributed by atoms with Gasteiger partial charge in [-0.1, -0.05) is 23.2 Å². The van der Waals surface area contributed by atoms with E-state index in [0.717, 1.165) is 5.39 Å². The summed E-state index contributed by atoms with van der Waals surface area (Å²) in [4.78, 5) is 14.9. The number of fused-ring (bicyclic) bond motifs is 1. The molecule has 0 aliphatic rings. The van der Waals surface area contributed by atoms with E-state index in [2.05, 4.69) is 4.98 Å². The van der Waals surface area contributed by atoms with Crippen LogP contribution >= 0.6 is 31.4 Å². The maximum absolute atomic E-state index is 11.0. The van der Waals surface area contributed by atoms with Crippen LogP contribution in [-0.2, 0) is 0 Å². The van der Waals surface area contributed by atoms with E-state index in [4.69, 9.17) is 23.2 Å². The molecular formula is C8H4Cl2NOP. The van der Waals surface area contributed by atoms with Gasteiger partial charge in [0.1, 0.15) is 0 Å². The van der Waals surface area contributed by atoms with Crippen LogP contribution in [0.3, 0.4) is 0 Å². The van der Waals surface area contributed by atoms with Crippen LogP contribution in [-0.4, -0.2) is 4.98 Å². The number of halogens is 2. The Morgan fingerprint density at radius 2 is 2.08 bits per heavy atom. The standard InChI is InChI=1S/C8H4Cl2NOP/c9-4-1-2-6-5(3-4)7(10)13-8(12)11-6/h1-3,13H. The highest BCUT2D eigenvalue weighted by atomic mass is 35.5. The summed E-state index contributed by atoms with van der Waals surface area (Å²) < 4.78 is 0.539. The van der Waals surface area contributed by atoms with E-state index in [9.17, 15) is 4.79 Å². The van der Waals surface area contributed by atoms with E-state index in [0.29, 0.717) is 15.3 Å². The lowest BCUT2D eigenvalue weighted by Gasteiger charge is -1.97. The largest absolute Gasteiger partial charge is 0.286 e. The van der Waals surface area contributed by atoms with Crippen molar-refractivity contribution >= 4 is 42.3 Å². The Kier molecular flexibility index (Phi) is 2.29. The number of hydrogen-bond donors (Lipinski definition) is 0. The number of benzene rings is 1. The zero-order valence-corrected chi connectivity index (χ0v) is 8.86. The quantitative estimate of drug-likeness (QED) is 0.698. The van der Waals surface area contributed by atoms with Gasteiger partial charge in [0.15, 0.2) is 0 Å². The molecule has 0 aliphatic carbocycles.